The van der Waals surface area contributed by atoms with Crippen LogP contribution in [0.4, 0.5) is 5.82 Å². The molecule has 0 saturated heterocycles. The molecule has 0 aliphatic carbocycles. The maximum absolute atomic E-state index is 11.2. The van der Waals surface area contributed by atoms with Crippen LogP contribution in [0.1, 0.15) is 19.4 Å². The van der Waals surface area contributed by atoms with Gasteiger partial charge in [-0.05, 0) is 19.1 Å². The molecule has 17 heavy (non-hydrogen) atoms. The van der Waals surface area contributed by atoms with E-state index in [4.69, 9.17) is 0 Å². The summed E-state index contributed by atoms with van der Waals surface area (Å²) in [6.45, 7) is 9.79. The number of carbonyl (C=O) groups is 1. The number of hydrogen-bond acceptors (Lipinski definition) is 4. The molecule has 0 aliphatic heterocycles. The zero-order valence-electron chi connectivity index (χ0n) is 10.6. The topological polar surface area (TPSA) is 46.1 Å². The number of hydrogen-bond donors (Lipinski definition) is 0. The summed E-state index contributed by atoms with van der Waals surface area (Å²) in [5.41, 5.74) is 1.59. The Kier molecular flexibility index (Phi) is 4.69. The fraction of sp³-hybridized carbons (Fsp3) is 0.417. The van der Waals surface area contributed by atoms with Crippen molar-refractivity contribution in [2.75, 3.05) is 11.2 Å². The van der Waals surface area contributed by atoms with Crippen molar-refractivity contribution < 1.29 is 4.79 Å². The maximum atomic E-state index is 11.2. The van der Waals surface area contributed by atoms with Crippen molar-refractivity contribution in [1.82, 2.24) is 9.97 Å². The Hall–Kier alpha value is -1.36. The van der Waals surface area contributed by atoms with Gasteiger partial charge in [0.1, 0.15) is 5.82 Å². The Morgan fingerprint density at radius 2 is 2.24 bits per heavy atom. The molecule has 0 N–H and O–H groups in total. The molecule has 4 nitrogen and oxygen atoms in total. The molecule has 0 aliphatic rings. The number of amides is 1. The van der Waals surface area contributed by atoms with Crippen LogP contribution in [0.15, 0.2) is 23.6 Å². The molecule has 0 aromatic carbocycles. The van der Waals surface area contributed by atoms with Gasteiger partial charge in [-0.3, -0.25) is 9.69 Å². The highest BCUT2D eigenvalue weighted by molar-refractivity contribution is 7.98. The summed E-state index contributed by atoms with van der Waals surface area (Å²) in [6.07, 6.45) is 4.37. The quantitative estimate of drug-likeness (QED) is 0.458. The van der Waals surface area contributed by atoms with Crippen molar-refractivity contribution in [3.05, 3.63) is 24.0 Å². The Morgan fingerprint density at radius 3 is 2.71 bits per heavy atom. The standard InChI is InChI=1S/C12H17N3OS/c1-8(2)10(4)15(7-16)11-9(3)6-13-12(14-11)17-5/h6-8H,4H2,1-3,5H3. The van der Waals surface area contributed by atoms with Crippen LogP contribution in [0.3, 0.4) is 0 Å². The predicted octanol–water partition coefficient (Wildman–Crippen LogP) is 2.64. The average molecular weight is 251 g/mol. The Labute approximate surface area is 106 Å². The lowest BCUT2D eigenvalue weighted by atomic mass is 10.1. The molecule has 1 aromatic rings. The van der Waals surface area contributed by atoms with E-state index in [0.29, 0.717) is 11.0 Å². The number of thioether (sulfide) groups is 1. The molecule has 1 heterocycles. The highest BCUT2D eigenvalue weighted by Crippen LogP contribution is 2.24. The van der Waals surface area contributed by atoms with Crippen LogP contribution in [0.2, 0.25) is 0 Å². The Balaban J connectivity index is 3.19. The number of carbonyl (C=O) groups excluding carboxylic acids is 1. The molecule has 0 saturated carbocycles. The molecule has 0 fully saturated rings. The summed E-state index contributed by atoms with van der Waals surface area (Å²) < 4.78 is 0. The van der Waals surface area contributed by atoms with Crippen LogP contribution < -0.4 is 4.90 Å². The third-order valence-corrected chi connectivity index (χ3v) is 2.98. The second-order valence-corrected chi connectivity index (χ2v) is 4.76. The van der Waals surface area contributed by atoms with Crippen molar-refractivity contribution in [1.29, 1.82) is 0 Å². The van der Waals surface area contributed by atoms with E-state index in [1.807, 2.05) is 27.0 Å². The molecule has 1 aromatic heterocycles. The van der Waals surface area contributed by atoms with Crippen LogP contribution in [-0.2, 0) is 4.79 Å². The van der Waals surface area contributed by atoms with Gasteiger partial charge in [-0.25, -0.2) is 9.97 Å². The molecular weight excluding hydrogens is 234 g/mol. The van der Waals surface area contributed by atoms with Crippen LogP contribution in [-0.4, -0.2) is 22.6 Å². The third kappa shape index (κ3) is 3.06. The normalized spacial score (nSPS) is 10.4. The van der Waals surface area contributed by atoms with Crippen molar-refractivity contribution in [3.8, 4) is 0 Å². The first-order valence-electron chi connectivity index (χ1n) is 5.32. The van der Waals surface area contributed by atoms with Gasteiger partial charge in [0.2, 0.25) is 6.41 Å². The SMILES string of the molecule is C=C(C(C)C)N(C=O)c1nc(SC)ncc1C. The highest BCUT2D eigenvalue weighted by atomic mass is 32.2. The van der Waals surface area contributed by atoms with Crippen molar-refractivity contribution in [2.45, 2.75) is 25.9 Å². The van der Waals surface area contributed by atoms with Crippen molar-refractivity contribution >= 4 is 24.0 Å². The summed E-state index contributed by atoms with van der Waals surface area (Å²) in [5, 5.41) is 0.647. The van der Waals surface area contributed by atoms with E-state index in [1.54, 1.807) is 6.20 Å². The molecule has 1 amide bonds. The second-order valence-electron chi connectivity index (χ2n) is 3.98. The number of aryl methyl sites for hydroxylation is 1. The highest BCUT2D eigenvalue weighted by Gasteiger charge is 2.16. The zero-order valence-corrected chi connectivity index (χ0v) is 11.4. The van der Waals surface area contributed by atoms with E-state index in [0.717, 1.165) is 17.7 Å². The van der Waals surface area contributed by atoms with E-state index < -0.39 is 0 Å². The fourth-order valence-corrected chi connectivity index (χ4v) is 1.63. The van der Waals surface area contributed by atoms with Crippen LogP contribution in [0.25, 0.3) is 0 Å². The molecule has 0 spiro atoms. The smallest absolute Gasteiger partial charge is 0.219 e. The van der Waals surface area contributed by atoms with Crippen LogP contribution >= 0.6 is 11.8 Å². The first kappa shape index (κ1) is 13.7. The lowest BCUT2D eigenvalue weighted by Crippen LogP contribution is -2.25. The molecular formula is C12H17N3OS. The average Bonchev–Trinajstić information content (AvgIpc) is 2.32. The van der Waals surface area contributed by atoms with Gasteiger partial charge in [-0.1, -0.05) is 32.2 Å². The van der Waals surface area contributed by atoms with Crippen LogP contribution in [0, 0.1) is 12.8 Å². The minimum Gasteiger partial charge on any atom is -0.278 e. The Morgan fingerprint density at radius 1 is 1.59 bits per heavy atom. The molecule has 0 unspecified atom stereocenters. The van der Waals surface area contributed by atoms with E-state index in [9.17, 15) is 4.79 Å². The minimum absolute atomic E-state index is 0.187. The summed E-state index contributed by atoms with van der Waals surface area (Å²) >= 11 is 1.45. The third-order valence-electron chi connectivity index (χ3n) is 2.41. The molecule has 0 atom stereocenters. The molecule has 0 radical (unpaired) electrons. The predicted molar refractivity (Wildman–Crippen MR) is 71.1 cm³/mol. The number of nitrogens with zero attached hydrogens (tertiary/aromatic N) is 3. The Bertz CT molecular complexity index is 432. The van der Waals surface area contributed by atoms with E-state index in [2.05, 4.69) is 16.5 Å². The molecule has 1 rings (SSSR count). The molecule has 5 heteroatoms. The van der Waals surface area contributed by atoms with Gasteiger partial charge < -0.3 is 0 Å². The van der Waals surface area contributed by atoms with E-state index >= 15 is 0 Å². The number of rotatable bonds is 5. The summed E-state index contributed by atoms with van der Waals surface area (Å²) in [7, 11) is 0. The summed E-state index contributed by atoms with van der Waals surface area (Å²) in [4.78, 5) is 21.2. The molecule has 92 valence electrons. The van der Waals surface area contributed by atoms with Gasteiger partial charge >= 0.3 is 0 Å². The maximum Gasteiger partial charge on any atom is 0.219 e. The van der Waals surface area contributed by atoms with Gasteiger partial charge in [0.25, 0.3) is 0 Å². The number of anilines is 1. The fourth-order valence-electron chi connectivity index (χ4n) is 1.29. The lowest BCUT2D eigenvalue weighted by Gasteiger charge is -2.23. The molecule has 0 bridgehead atoms. The first-order valence-corrected chi connectivity index (χ1v) is 6.54. The number of allylic oxidation sites excluding steroid dienone is 1. The van der Waals surface area contributed by atoms with Crippen molar-refractivity contribution in [2.24, 2.45) is 5.92 Å². The summed E-state index contributed by atoms with van der Waals surface area (Å²) in [6, 6.07) is 0. The van der Waals surface area contributed by atoms with Gasteiger partial charge in [0.05, 0.1) is 0 Å². The monoisotopic (exact) mass is 251 g/mol. The summed E-state index contributed by atoms with van der Waals surface area (Å²) in [5.74, 6) is 0.797. The van der Waals surface area contributed by atoms with E-state index in [-0.39, 0.29) is 5.92 Å². The van der Waals surface area contributed by atoms with Crippen LogP contribution in [0.5, 0.6) is 0 Å². The second kappa shape index (κ2) is 5.82. The van der Waals surface area contributed by atoms with Gasteiger partial charge in [-0.2, -0.15) is 0 Å². The number of aromatic nitrogens is 2. The van der Waals surface area contributed by atoms with E-state index in [1.165, 1.54) is 16.7 Å². The zero-order chi connectivity index (χ0) is 13.0. The minimum atomic E-state index is 0.187. The van der Waals surface area contributed by atoms with Gasteiger partial charge in [-0.15, -0.1) is 0 Å². The van der Waals surface area contributed by atoms with Gasteiger partial charge in [0, 0.05) is 17.5 Å². The van der Waals surface area contributed by atoms with Crippen molar-refractivity contribution in [3.63, 3.8) is 0 Å². The first-order chi connectivity index (χ1) is 8.01. The van der Waals surface area contributed by atoms with Gasteiger partial charge in [0.15, 0.2) is 5.16 Å². The largest absolute Gasteiger partial charge is 0.278 e. The lowest BCUT2D eigenvalue weighted by molar-refractivity contribution is -0.107.